The van der Waals surface area contributed by atoms with Crippen molar-refractivity contribution < 1.29 is 4.79 Å². The van der Waals surface area contributed by atoms with Crippen LogP contribution in [-0.2, 0) is 11.3 Å². The predicted octanol–water partition coefficient (Wildman–Crippen LogP) is 0.829. The summed E-state index contributed by atoms with van der Waals surface area (Å²) in [6, 6.07) is 8.82. The molecule has 0 spiro atoms. The van der Waals surface area contributed by atoms with Gasteiger partial charge in [-0.05, 0) is 12.1 Å². The van der Waals surface area contributed by atoms with E-state index in [2.05, 4.69) is 5.32 Å². The maximum absolute atomic E-state index is 11.7. The lowest BCUT2D eigenvalue weighted by atomic mass is 10.3. The molecule has 2 aromatic rings. The van der Waals surface area contributed by atoms with Crippen LogP contribution in [0.15, 0.2) is 46.1 Å². The Labute approximate surface area is 112 Å². The number of benzene rings is 1. The fraction of sp³-hybridized carbons (Fsp3) is 0.0833. The van der Waals surface area contributed by atoms with Crippen LogP contribution in [0.2, 0.25) is 5.02 Å². The van der Waals surface area contributed by atoms with Crippen molar-refractivity contribution in [3.8, 4) is 0 Å². The summed E-state index contributed by atoms with van der Waals surface area (Å²) in [5.41, 5.74) is -0.736. The number of aromatic amines is 1. The van der Waals surface area contributed by atoms with Crippen LogP contribution in [0, 0.1) is 0 Å². The number of amides is 1. The van der Waals surface area contributed by atoms with E-state index in [9.17, 15) is 14.4 Å². The van der Waals surface area contributed by atoms with Crippen LogP contribution in [0.4, 0.5) is 5.69 Å². The molecule has 7 heteroatoms. The van der Waals surface area contributed by atoms with Crippen molar-refractivity contribution in [2.24, 2.45) is 0 Å². The number of anilines is 1. The van der Waals surface area contributed by atoms with Gasteiger partial charge < -0.3 is 5.32 Å². The Morgan fingerprint density at radius 1 is 1.26 bits per heavy atom. The van der Waals surface area contributed by atoms with Crippen LogP contribution in [0.3, 0.4) is 0 Å². The van der Waals surface area contributed by atoms with Gasteiger partial charge in [-0.1, -0.05) is 29.8 Å². The fourth-order valence-corrected chi connectivity index (χ4v) is 1.64. The van der Waals surface area contributed by atoms with Crippen LogP contribution in [0.5, 0.6) is 0 Å². The third kappa shape index (κ3) is 3.32. The molecular formula is C12H10ClN3O3. The molecule has 0 radical (unpaired) electrons. The molecule has 1 aromatic heterocycles. The number of hydrogen-bond donors (Lipinski definition) is 2. The van der Waals surface area contributed by atoms with Gasteiger partial charge in [-0.2, -0.15) is 0 Å². The van der Waals surface area contributed by atoms with Crippen molar-refractivity contribution >= 4 is 23.2 Å². The minimum Gasteiger partial charge on any atom is -0.325 e. The fourth-order valence-electron chi connectivity index (χ4n) is 1.48. The summed E-state index contributed by atoms with van der Waals surface area (Å²) in [4.78, 5) is 36.3. The van der Waals surface area contributed by atoms with E-state index < -0.39 is 17.2 Å². The van der Waals surface area contributed by atoms with E-state index in [1.807, 2.05) is 11.1 Å². The first-order valence-corrected chi connectivity index (χ1v) is 5.78. The minimum atomic E-state index is -0.683. The lowest BCUT2D eigenvalue weighted by molar-refractivity contribution is -0.116. The van der Waals surface area contributed by atoms with Crippen molar-refractivity contribution in [2.75, 3.05) is 5.32 Å². The summed E-state index contributed by atoms with van der Waals surface area (Å²) in [5, 5.41) is 2.47. The second-order valence-electron chi connectivity index (χ2n) is 3.78. The number of hydrogen-bond acceptors (Lipinski definition) is 3. The van der Waals surface area contributed by atoms with Crippen molar-refractivity contribution in [1.82, 2.24) is 9.55 Å². The molecule has 19 heavy (non-hydrogen) atoms. The van der Waals surface area contributed by atoms with E-state index >= 15 is 0 Å². The number of carbonyl (C=O) groups excluding carboxylic acids is 1. The number of carbonyl (C=O) groups is 1. The predicted molar refractivity (Wildman–Crippen MR) is 71.4 cm³/mol. The molecule has 1 heterocycles. The average Bonchev–Trinajstić information content (AvgIpc) is 2.37. The van der Waals surface area contributed by atoms with Gasteiger partial charge in [-0.25, -0.2) is 4.79 Å². The van der Waals surface area contributed by atoms with Crippen LogP contribution in [0.25, 0.3) is 0 Å². The number of nitrogens with one attached hydrogen (secondary N) is 2. The highest BCUT2D eigenvalue weighted by Crippen LogP contribution is 2.04. The lowest BCUT2D eigenvalue weighted by Crippen LogP contribution is -2.33. The Balaban J connectivity index is 2.14. The molecule has 0 unspecified atom stereocenters. The molecule has 0 aliphatic heterocycles. The molecule has 0 atom stereocenters. The molecule has 1 aromatic carbocycles. The van der Waals surface area contributed by atoms with Gasteiger partial charge in [0.1, 0.15) is 11.6 Å². The van der Waals surface area contributed by atoms with Crippen molar-refractivity contribution in [3.63, 3.8) is 0 Å². The third-order valence-electron chi connectivity index (χ3n) is 2.34. The maximum atomic E-state index is 11.7. The van der Waals surface area contributed by atoms with Gasteiger partial charge in [-0.15, -0.1) is 0 Å². The number of nitrogens with zero attached hydrogens (tertiary/aromatic N) is 1. The Morgan fingerprint density at radius 2 is 1.95 bits per heavy atom. The zero-order valence-electron chi connectivity index (χ0n) is 9.72. The van der Waals surface area contributed by atoms with Gasteiger partial charge in [0.2, 0.25) is 5.91 Å². The number of aromatic nitrogens is 2. The second kappa shape index (κ2) is 5.53. The molecule has 0 aliphatic carbocycles. The number of rotatable bonds is 3. The summed E-state index contributed by atoms with van der Waals surface area (Å²) >= 11 is 5.59. The van der Waals surface area contributed by atoms with Gasteiger partial charge in [0, 0.05) is 11.9 Å². The Morgan fingerprint density at radius 3 is 2.63 bits per heavy atom. The number of para-hydroxylation sites is 1. The van der Waals surface area contributed by atoms with Crippen LogP contribution < -0.4 is 16.6 Å². The molecule has 98 valence electrons. The zero-order valence-corrected chi connectivity index (χ0v) is 10.5. The summed E-state index contributed by atoms with van der Waals surface area (Å²) in [6.07, 6.45) is 1.13. The lowest BCUT2D eigenvalue weighted by Gasteiger charge is -2.06. The Kier molecular flexibility index (Phi) is 3.82. The molecule has 0 saturated heterocycles. The molecule has 2 N–H and O–H groups in total. The van der Waals surface area contributed by atoms with E-state index in [0.717, 1.165) is 10.8 Å². The molecular weight excluding hydrogens is 270 g/mol. The topological polar surface area (TPSA) is 84.0 Å². The smallest absolute Gasteiger partial charge is 0.325 e. The second-order valence-corrected chi connectivity index (χ2v) is 4.19. The summed E-state index contributed by atoms with van der Waals surface area (Å²) in [6.45, 7) is -0.232. The molecule has 6 nitrogen and oxygen atoms in total. The van der Waals surface area contributed by atoms with E-state index in [0.29, 0.717) is 5.69 Å². The quantitative estimate of drug-likeness (QED) is 0.873. The van der Waals surface area contributed by atoms with E-state index in [1.54, 1.807) is 24.3 Å². The third-order valence-corrected chi connectivity index (χ3v) is 2.61. The van der Waals surface area contributed by atoms with E-state index in [-0.39, 0.29) is 11.6 Å². The molecule has 0 saturated carbocycles. The highest BCUT2D eigenvalue weighted by molar-refractivity contribution is 6.30. The SMILES string of the molecule is O=C(Cn1cc(Cl)c(=O)[nH]c1=O)Nc1ccccc1. The van der Waals surface area contributed by atoms with E-state index in [1.165, 1.54) is 0 Å². The van der Waals surface area contributed by atoms with Gasteiger partial charge in [0.05, 0.1) is 0 Å². The van der Waals surface area contributed by atoms with E-state index in [4.69, 9.17) is 11.6 Å². The number of halogens is 1. The zero-order chi connectivity index (χ0) is 13.8. The molecule has 0 fully saturated rings. The molecule has 0 bridgehead atoms. The van der Waals surface area contributed by atoms with Crippen molar-refractivity contribution in [1.29, 1.82) is 0 Å². The first-order valence-electron chi connectivity index (χ1n) is 5.40. The van der Waals surface area contributed by atoms with Gasteiger partial charge in [0.25, 0.3) is 5.56 Å². The summed E-state index contributed by atoms with van der Waals surface area (Å²) < 4.78 is 1.03. The van der Waals surface area contributed by atoms with Gasteiger partial charge >= 0.3 is 5.69 Å². The highest BCUT2D eigenvalue weighted by atomic mass is 35.5. The van der Waals surface area contributed by atoms with Crippen LogP contribution >= 0.6 is 11.6 Å². The monoisotopic (exact) mass is 279 g/mol. The van der Waals surface area contributed by atoms with Gasteiger partial charge in [0.15, 0.2) is 0 Å². The molecule has 0 aliphatic rings. The Bertz CT molecular complexity index is 706. The normalized spacial score (nSPS) is 10.2. The highest BCUT2D eigenvalue weighted by Gasteiger charge is 2.07. The first kappa shape index (κ1) is 13.1. The van der Waals surface area contributed by atoms with Crippen LogP contribution in [-0.4, -0.2) is 15.5 Å². The van der Waals surface area contributed by atoms with Crippen molar-refractivity contribution in [2.45, 2.75) is 6.54 Å². The van der Waals surface area contributed by atoms with Gasteiger partial charge in [-0.3, -0.25) is 19.1 Å². The number of H-pyrrole nitrogens is 1. The Hall–Kier alpha value is -2.34. The largest absolute Gasteiger partial charge is 0.328 e. The average molecular weight is 280 g/mol. The maximum Gasteiger partial charge on any atom is 0.328 e. The summed E-state index contributed by atoms with van der Waals surface area (Å²) in [5.74, 6) is -0.392. The summed E-state index contributed by atoms with van der Waals surface area (Å²) in [7, 11) is 0. The van der Waals surface area contributed by atoms with Crippen LogP contribution in [0.1, 0.15) is 0 Å². The standard InChI is InChI=1S/C12H10ClN3O3/c13-9-6-16(12(19)15-11(9)18)7-10(17)14-8-4-2-1-3-5-8/h1-6H,7H2,(H,14,17)(H,15,18,19). The minimum absolute atomic E-state index is 0.146. The first-order chi connectivity index (χ1) is 9.06. The van der Waals surface area contributed by atoms with Crippen molar-refractivity contribution in [3.05, 3.63) is 62.4 Å². The molecule has 1 amide bonds. The molecule has 2 rings (SSSR count).